The van der Waals surface area contributed by atoms with E-state index in [0.717, 1.165) is 12.8 Å². The molecule has 1 aliphatic rings. The van der Waals surface area contributed by atoms with E-state index in [1.54, 1.807) is 24.4 Å². The number of hydrogen-bond acceptors (Lipinski definition) is 3. The number of pyridine rings is 1. The van der Waals surface area contributed by atoms with Gasteiger partial charge in [-0.05, 0) is 38.0 Å². The van der Waals surface area contributed by atoms with Gasteiger partial charge in [-0.15, -0.1) is 0 Å². The zero-order valence-electron chi connectivity index (χ0n) is 14.4. The molecule has 1 saturated carbocycles. The van der Waals surface area contributed by atoms with Gasteiger partial charge in [0.1, 0.15) is 11.5 Å². The first-order chi connectivity index (χ1) is 12.5. The van der Waals surface area contributed by atoms with E-state index in [9.17, 15) is 9.18 Å². The van der Waals surface area contributed by atoms with Crippen molar-refractivity contribution >= 4 is 17.2 Å². The number of nitrogens with zero attached hydrogens (tertiary/aromatic N) is 3. The zero-order chi connectivity index (χ0) is 18.3. The Kier molecular flexibility index (Phi) is 4.51. The Bertz CT molecular complexity index is 1020. The van der Waals surface area contributed by atoms with Crippen LogP contribution in [0.3, 0.4) is 0 Å². The van der Waals surface area contributed by atoms with Crippen LogP contribution in [0.2, 0.25) is 5.02 Å². The van der Waals surface area contributed by atoms with Gasteiger partial charge < -0.3 is 0 Å². The number of fused-ring (bicyclic) bond motifs is 1. The first-order valence-corrected chi connectivity index (χ1v) is 9.09. The fourth-order valence-corrected chi connectivity index (χ4v) is 3.54. The second kappa shape index (κ2) is 6.82. The van der Waals surface area contributed by atoms with Crippen molar-refractivity contribution in [3.63, 3.8) is 0 Å². The molecule has 0 amide bonds. The van der Waals surface area contributed by atoms with Gasteiger partial charge in [-0.25, -0.2) is 9.37 Å². The second-order valence-electron chi connectivity index (χ2n) is 6.76. The fraction of sp³-hybridized carbons (Fsp3) is 0.300. The molecule has 1 aromatic carbocycles. The van der Waals surface area contributed by atoms with Crippen LogP contribution in [0.1, 0.15) is 37.1 Å². The molecule has 0 spiro atoms. The minimum atomic E-state index is -0.202. The average Bonchev–Trinajstić information content (AvgIpc) is 3.45. The Morgan fingerprint density at radius 3 is 2.81 bits per heavy atom. The number of hydrogen-bond donors (Lipinski definition) is 0. The van der Waals surface area contributed by atoms with Crippen LogP contribution in [0, 0.1) is 5.82 Å². The van der Waals surface area contributed by atoms with E-state index in [0.29, 0.717) is 34.5 Å². The van der Waals surface area contributed by atoms with Gasteiger partial charge in [-0.2, -0.15) is 0 Å². The number of benzene rings is 1. The lowest BCUT2D eigenvalue weighted by Gasteiger charge is -2.29. The summed E-state index contributed by atoms with van der Waals surface area (Å²) < 4.78 is 15.7. The third-order valence-electron chi connectivity index (χ3n) is 4.89. The minimum absolute atomic E-state index is 0.0887. The van der Waals surface area contributed by atoms with Crippen LogP contribution in [0.25, 0.3) is 5.65 Å². The number of halogens is 2. The quantitative estimate of drug-likeness (QED) is 0.674. The van der Waals surface area contributed by atoms with Crippen LogP contribution in [-0.2, 0) is 6.54 Å². The summed E-state index contributed by atoms with van der Waals surface area (Å²) in [5.41, 5.74) is 1.75. The van der Waals surface area contributed by atoms with E-state index in [4.69, 9.17) is 11.6 Å². The van der Waals surface area contributed by atoms with Crippen molar-refractivity contribution in [2.45, 2.75) is 38.4 Å². The molecule has 26 heavy (non-hydrogen) atoms. The summed E-state index contributed by atoms with van der Waals surface area (Å²) in [6.45, 7) is 2.51. The molecule has 4 rings (SSSR count). The lowest BCUT2D eigenvalue weighted by atomic mass is 10.1. The van der Waals surface area contributed by atoms with Crippen molar-refractivity contribution in [1.29, 1.82) is 0 Å². The molecule has 0 aliphatic heterocycles. The molecular formula is C20H19ClFN3O. The average molecular weight is 372 g/mol. The number of rotatable bonds is 5. The Labute approximate surface area is 155 Å². The van der Waals surface area contributed by atoms with Crippen molar-refractivity contribution < 1.29 is 4.39 Å². The van der Waals surface area contributed by atoms with Crippen LogP contribution in [0.15, 0.2) is 53.5 Å². The first-order valence-electron chi connectivity index (χ1n) is 8.71. The van der Waals surface area contributed by atoms with Crippen molar-refractivity contribution in [2.24, 2.45) is 0 Å². The molecule has 2 heterocycles. The summed E-state index contributed by atoms with van der Waals surface area (Å²) in [4.78, 5) is 19.2. The molecule has 0 N–H and O–H groups in total. The Balaban J connectivity index is 1.67. The van der Waals surface area contributed by atoms with Crippen molar-refractivity contribution in [2.75, 3.05) is 0 Å². The summed E-state index contributed by atoms with van der Waals surface area (Å²) in [5.74, 6) is -0.202. The normalized spacial score (nSPS) is 15.5. The lowest BCUT2D eigenvalue weighted by Crippen LogP contribution is -2.30. The maximum atomic E-state index is 14.2. The maximum Gasteiger partial charge on any atom is 0.258 e. The van der Waals surface area contributed by atoms with Crippen LogP contribution >= 0.6 is 11.6 Å². The highest BCUT2D eigenvalue weighted by molar-refractivity contribution is 6.30. The molecule has 1 unspecified atom stereocenters. The number of aromatic nitrogens is 2. The highest BCUT2D eigenvalue weighted by Crippen LogP contribution is 2.36. The molecule has 1 atom stereocenters. The predicted molar refractivity (Wildman–Crippen MR) is 99.9 cm³/mol. The minimum Gasteiger partial charge on any atom is -0.288 e. The van der Waals surface area contributed by atoms with Crippen LogP contribution in [0.5, 0.6) is 0 Å². The van der Waals surface area contributed by atoms with E-state index in [1.165, 1.54) is 16.5 Å². The molecule has 4 nitrogen and oxygen atoms in total. The molecule has 1 fully saturated rings. The SMILES string of the molecule is CC(c1ccccc1F)N(Cc1cc(=O)n2cc(Cl)ccc2n1)C1CC1. The van der Waals surface area contributed by atoms with Gasteiger partial charge in [0.25, 0.3) is 5.56 Å². The lowest BCUT2D eigenvalue weighted by molar-refractivity contribution is 0.185. The van der Waals surface area contributed by atoms with Gasteiger partial charge in [-0.1, -0.05) is 29.8 Å². The molecule has 0 bridgehead atoms. The standard InChI is InChI=1S/C20H19ClFN3O/c1-13(17-4-2-3-5-18(17)22)24(16-7-8-16)12-15-10-20(26)25-11-14(21)6-9-19(25)23-15/h2-6,9-11,13,16H,7-8,12H2,1H3. The third-order valence-corrected chi connectivity index (χ3v) is 5.11. The highest BCUT2D eigenvalue weighted by atomic mass is 35.5. The van der Waals surface area contributed by atoms with Gasteiger partial charge >= 0.3 is 0 Å². The molecule has 0 radical (unpaired) electrons. The molecule has 0 saturated heterocycles. The van der Waals surface area contributed by atoms with Gasteiger partial charge in [0, 0.05) is 36.5 Å². The summed E-state index contributed by atoms with van der Waals surface area (Å²) >= 11 is 5.96. The van der Waals surface area contributed by atoms with Crippen molar-refractivity contribution in [3.8, 4) is 0 Å². The zero-order valence-corrected chi connectivity index (χ0v) is 15.2. The van der Waals surface area contributed by atoms with Crippen LogP contribution in [0.4, 0.5) is 4.39 Å². The van der Waals surface area contributed by atoms with Crippen LogP contribution in [-0.4, -0.2) is 20.3 Å². The molecule has 1 aliphatic carbocycles. The van der Waals surface area contributed by atoms with E-state index in [1.807, 2.05) is 19.1 Å². The molecular weight excluding hydrogens is 353 g/mol. The van der Waals surface area contributed by atoms with Gasteiger partial charge in [0.05, 0.1) is 10.7 Å². The second-order valence-corrected chi connectivity index (χ2v) is 7.20. The monoisotopic (exact) mass is 371 g/mol. The van der Waals surface area contributed by atoms with Crippen molar-refractivity contribution in [1.82, 2.24) is 14.3 Å². The van der Waals surface area contributed by atoms with E-state index in [-0.39, 0.29) is 17.4 Å². The summed E-state index contributed by atoms with van der Waals surface area (Å²) in [6, 6.07) is 12.1. The third kappa shape index (κ3) is 3.37. The molecule has 3 aromatic rings. The predicted octanol–water partition coefficient (Wildman–Crippen LogP) is 4.21. The van der Waals surface area contributed by atoms with Crippen LogP contribution < -0.4 is 5.56 Å². The maximum absolute atomic E-state index is 14.2. The van der Waals surface area contributed by atoms with Gasteiger partial charge in [0.2, 0.25) is 0 Å². The highest BCUT2D eigenvalue weighted by Gasteiger charge is 2.34. The largest absolute Gasteiger partial charge is 0.288 e. The fourth-order valence-electron chi connectivity index (χ4n) is 3.38. The summed E-state index contributed by atoms with van der Waals surface area (Å²) in [6.07, 6.45) is 3.73. The Morgan fingerprint density at radius 1 is 1.31 bits per heavy atom. The smallest absolute Gasteiger partial charge is 0.258 e. The molecule has 2 aromatic heterocycles. The molecule has 134 valence electrons. The Hall–Kier alpha value is -2.24. The van der Waals surface area contributed by atoms with E-state index in [2.05, 4.69) is 9.88 Å². The van der Waals surface area contributed by atoms with Gasteiger partial charge in [-0.3, -0.25) is 14.1 Å². The topological polar surface area (TPSA) is 37.6 Å². The van der Waals surface area contributed by atoms with E-state index < -0.39 is 0 Å². The summed E-state index contributed by atoms with van der Waals surface area (Å²) in [5, 5.41) is 0.488. The van der Waals surface area contributed by atoms with E-state index >= 15 is 0 Å². The van der Waals surface area contributed by atoms with Crippen molar-refractivity contribution in [3.05, 3.63) is 81.1 Å². The van der Waals surface area contributed by atoms with Gasteiger partial charge in [0.15, 0.2) is 0 Å². The Morgan fingerprint density at radius 2 is 2.08 bits per heavy atom. The first kappa shape index (κ1) is 17.2. The summed E-state index contributed by atoms with van der Waals surface area (Å²) in [7, 11) is 0. The molecule has 6 heteroatoms.